The molecule has 2 aromatic carbocycles. The quantitative estimate of drug-likeness (QED) is 0.619. The molecule has 1 aromatic heterocycles. The number of hydrogen-bond donors (Lipinski definition) is 1. The fourth-order valence-electron chi connectivity index (χ4n) is 2.87. The molecule has 0 spiro atoms. The topological polar surface area (TPSA) is 67.4 Å². The molecule has 1 heterocycles. The maximum atomic E-state index is 11.6. The summed E-state index contributed by atoms with van der Waals surface area (Å²) in [5, 5.41) is 3.21. The third-order valence-corrected chi connectivity index (χ3v) is 4.32. The highest BCUT2D eigenvalue weighted by Gasteiger charge is 2.11. The summed E-state index contributed by atoms with van der Waals surface area (Å²) in [6.07, 6.45) is 0. The van der Waals surface area contributed by atoms with Crippen molar-refractivity contribution in [2.75, 3.05) is 23.9 Å². The molecule has 28 heavy (non-hydrogen) atoms. The van der Waals surface area contributed by atoms with Crippen molar-refractivity contribution >= 4 is 23.4 Å². The number of ether oxygens (including phenoxy) is 1. The van der Waals surface area contributed by atoms with Gasteiger partial charge in [-0.1, -0.05) is 30.3 Å². The van der Waals surface area contributed by atoms with E-state index in [1.54, 1.807) is 24.3 Å². The number of carbonyl (C=O) groups is 1. The molecule has 144 valence electrons. The normalized spacial score (nSPS) is 10.4. The predicted octanol–water partition coefficient (Wildman–Crippen LogP) is 4.34. The molecule has 0 saturated heterocycles. The van der Waals surface area contributed by atoms with Crippen molar-refractivity contribution in [3.63, 3.8) is 0 Å². The van der Waals surface area contributed by atoms with Crippen molar-refractivity contribution in [1.29, 1.82) is 0 Å². The van der Waals surface area contributed by atoms with Crippen LogP contribution >= 0.6 is 0 Å². The van der Waals surface area contributed by atoms with E-state index in [1.165, 1.54) is 12.7 Å². The molecular weight excluding hydrogens is 352 g/mol. The summed E-state index contributed by atoms with van der Waals surface area (Å²) in [5.41, 5.74) is 3.41. The van der Waals surface area contributed by atoms with Gasteiger partial charge in [-0.05, 0) is 43.7 Å². The minimum atomic E-state index is -0.361. The molecule has 0 aliphatic rings. The molecule has 0 saturated carbocycles. The van der Waals surface area contributed by atoms with E-state index in [1.807, 2.05) is 31.2 Å². The van der Waals surface area contributed by atoms with Gasteiger partial charge in [-0.2, -0.15) is 4.98 Å². The zero-order chi connectivity index (χ0) is 19.9. The smallest absolute Gasteiger partial charge is 0.337 e. The van der Waals surface area contributed by atoms with Gasteiger partial charge in [0.1, 0.15) is 5.82 Å². The number of aryl methyl sites for hydroxylation is 1. The largest absolute Gasteiger partial charge is 0.465 e. The fourth-order valence-corrected chi connectivity index (χ4v) is 2.87. The minimum Gasteiger partial charge on any atom is -0.465 e. The van der Waals surface area contributed by atoms with Crippen LogP contribution < -0.4 is 10.2 Å². The Morgan fingerprint density at radius 3 is 2.43 bits per heavy atom. The van der Waals surface area contributed by atoms with Gasteiger partial charge in [0.2, 0.25) is 5.95 Å². The number of benzene rings is 2. The van der Waals surface area contributed by atoms with Gasteiger partial charge in [0.25, 0.3) is 0 Å². The molecule has 0 fully saturated rings. The van der Waals surface area contributed by atoms with Crippen LogP contribution in [0.4, 0.5) is 17.5 Å². The first kappa shape index (κ1) is 19.4. The van der Waals surface area contributed by atoms with Crippen LogP contribution in [0.15, 0.2) is 60.7 Å². The van der Waals surface area contributed by atoms with Gasteiger partial charge in [0, 0.05) is 30.5 Å². The molecule has 0 atom stereocenters. The van der Waals surface area contributed by atoms with E-state index in [2.05, 4.69) is 39.2 Å². The van der Waals surface area contributed by atoms with Gasteiger partial charge in [-0.25, -0.2) is 9.78 Å². The Morgan fingerprint density at radius 1 is 1.07 bits per heavy atom. The lowest BCUT2D eigenvalue weighted by Gasteiger charge is -2.23. The number of hydrogen-bond acceptors (Lipinski definition) is 6. The van der Waals surface area contributed by atoms with Gasteiger partial charge in [-0.3, -0.25) is 0 Å². The Balaban J connectivity index is 1.79. The lowest BCUT2D eigenvalue weighted by atomic mass is 10.2. The van der Waals surface area contributed by atoms with E-state index in [9.17, 15) is 4.79 Å². The number of rotatable bonds is 7. The molecule has 6 heteroatoms. The van der Waals surface area contributed by atoms with Crippen LogP contribution in [-0.4, -0.2) is 29.6 Å². The van der Waals surface area contributed by atoms with E-state index in [4.69, 9.17) is 4.74 Å². The molecule has 0 aliphatic heterocycles. The number of aromatic nitrogens is 2. The van der Waals surface area contributed by atoms with Crippen molar-refractivity contribution in [3.05, 3.63) is 77.5 Å². The molecule has 3 rings (SSSR count). The molecule has 0 amide bonds. The molecule has 3 aromatic rings. The highest BCUT2D eigenvalue weighted by molar-refractivity contribution is 5.89. The summed E-state index contributed by atoms with van der Waals surface area (Å²) < 4.78 is 4.72. The van der Waals surface area contributed by atoms with Crippen molar-refractivity contribution in [1.82, 2.24) is 9.97 Å². The van der Waals surface area contributed by atoms with Crippen LogP contribution in [0.25, 0.3) is 0 Å². The van der Waals surface area contributed by atoms with Gasteiger partial charge < -0.3 is 15.0 Å². The van der Waals surface area contributed by atoms with Crippen LogP contribution in [0.1, 0.15) is 28.5 Å². The van der Waals surface area contributed by atoms with Gasteiger partial charge in [-0.15, -0.1) is 0 Å². The maximum absolute atomic E-state index is 11.6. The number of carbonyl (C=O) groups excluding carboxylic acids is 1. The summed E-state index contributed by atoms with van der Waals surface area (Å²) in [5.74, 6) is 1.03. The van der Waals surface area contributed by atoms with Crippen molar-refractivity contribution in [2.45, 2.75) is 20.4 Å². The minimum absolute atomic E-state index is 0.361. The van der Waals surface area contributed by atoms with Crippen molar-refractivity contribution < 1.29 is 9.53 Å². The number of esters is 1. The lowest BCUT2D eigenvalue weighted by molar-refractivity contribution is 0.0601. The average Bonchev–Trinajstić information content (AvgIpc) is 2.72. The molecule has 0 aliphatic carbocycles. The molecule has 1 N–H and O–H groups in total. The highest BCUT2D eigenvalue weighted by Crippen LogP contribution is 2.20. The maximum Gasteiger partial charge on any atom is 0.337 e. The second-order valence-electron chi connectivity index (χ2n) is 6.38. The SMILES string of the molecule is CCN(Cc1ccccc1)c1cc(C)nc(Nc2ccc(C(=O)OC)cc2)n1. The predicted molar refractivity (Wildman–Crippen MR) is 111 cm³/mol. The summed E-state index contributed by atoms with van der Waals surface area (Å²) in [6, 6.07) is 19.3. The first-order valence-corrected chi connectivity index (χ1v) is 9.19. The standard InChI is InChI=1S/C22H24N4O2/c1-4-26(15-17-8-6-5-7-9-17)20-14-16(2)23-22(25-20)24-19-12-10-18(11-13-19)21(27)28-3/h5-14H,4,15H2,1-3H3,(H,23,24,25). The summed E-state index contributed by atoms with van der Waals surface area (Å²) in [4.78, 5) is 22.9. The summed E-state index contributed by atoms with van der Waals surface area (Å²) >= 11 is 0. The Morgan fingerprint density at radius 2 is 1.79 bits per heavy atom. The summed E-state index contributed by atoms with van der Waals surface area (Å²) in [7, 11) is 1.37. The number of anilines is 3. The van der Waals surface area contributed by atoms with Gasteiger partial charge >= 0.3 is 5.97 Å². The van der Waals surface area contributed by atoms with Crippen LogP contribution in [0.5, 0.6) is 0 Å². The van der Waals surface area contributed by atoms with E-state index in [0.29, 0.717) is 11.5 Å². The van der Waals surface area contributed by atoms with Crippen LogP contribution in [0.2, 0.25) is 0 Å². The third kappa shape index (κ3) is 4.85. The molecule has 6 nitrogen and oxygen atoms in total. The van der Waals surface area contributed by atoms with E-state index >= 15 is 0 Å². The fraction of sp³-hybridized carbons (Fsp3) is 0.227. The number of methoxy groups -OCH3 is 1. The average molecular weight is 376 g/mol. The number of nitrogens with one attached hydrogen (secondary N) is 1. The summed E-state index contributed by atoms with van der Waals surface area (Å²) in [6.45, 7) is 5.67. The van der Waals surface area contributed by atoms with Crippen LogP contribution in [0.3, 0.4) is 0 Å². The van der Waals surface area contributed by atoms with Gasteiger partial charge in [0.15, 0.2) is 0 Å². The van der Waals surface area contributed by atoms with Crippen molar-refractivity contribution in [3.8, 4) is 0 Å². The molecule has 0 bridgehead atoms. The second-order valence-corrected chi connectivity index (χ2v) is 6.38. The molecule has 0 radical (unpaired) electrons. The monoisotopic (exact) mass is 376 g/mol. The second kappa shape index (κ2) is 8.99. The van der Waals surface area contributed by atoms with Gasteiger partial charge in [0.05, 0.1) is 12.7 Å². The Labute approximate surface area is 165 Å². The van der Waals surface area contributed by atoms with E-state index in [0.717, 1.165) is 30.3 Å². The van der Waals surface area contributed by atoms with Crippen LogP contribution in [-0.2, 0) is 11.3 Å². The Bertz CT molecular complexity index is 927. The van der Waals surface area contributed by atoms with Crippen LogP contribution in [0, 0.1) is 6.92 Å². The van der Waals surface area contributed by atoms with Crippen molar-refractivity contribution in [2.24, 2.45) is 0 Å². The zero-order valence-electron chi connectivity index (χ0n) is 16.3. The highest BCUT2D eigenvalue weighted by atomic mass is 16.5. The molecule has 0 unspecified atom stereocenters. The third-order valence-electron chi connectivity index (χ3n) is 4.32. The first-order chi connectivity index (χ1) is 13.6. The van der Waals surface area contributed by atoms with E-state index < -0.39 is 0 Å². The first-order valence-electron chi connectivity index (χ1n) is 9.19. The molecular formula is C22H24N4O2. The number of nitrogens with zero attached hydrogens (tertiary/aromatic N) is 3. The zero-order valence-corrected chi connectivity index (χ0v) is 16.3. The Kier molecular flexibility index (Phi) is 6.22. The lowest BCUT2D eigenvalue weighted by Crippen LogP contribution is -2.23. The van der Waals surface area contributed by atoms with E-state index in [-0.39, 0.29) is 5.97 Å². The Hall–Kier alpha value is -3.41.